The lowest BCUT2D eigenvalue weighted by Crippen LogP contribution is -2.35. The number of alkyl halides is 5. The molecule has 2 heterocycles. The van der Waals surface area contributed by atoms with Gasteiger partial charge in [0.25, 0.3) is 11.2 Å². The third-order valence-corrected chi connectivity index (χ3v) is 5.44. The summed E-state index contributed by atoms with van der Waals surface area (Å²) in [5.74, 6) is -0.503. The Kier molecular flexibility index (Phi) is 8.37. The zero-order valence-electron chi connectivity index (χ0n) is 18.4. The Bertz CT molecular complexity index is 1190. The maximum absolute atomic E-state index is 13.5. The highest BCUT2D eigenvalue weighted by Crippen LogP contribution is 2.35. The number of nitrogens with zero attached hydrogens (tertiary/aromatic N) is 3. The van der Waals surface area contributed by atoms with Crippen molar-refractivity contribution >= 4 is 15.1 Å². The van der Waals surface area contributed by atoms with Crippen molar-refractivity contribution in [2.75, 3.05) is 6.54 Å². The average molecular weight is 515 g/mol. The fourth-order valence-corrected chi connectivity index (χ4v) is 3.52. The van der Waals surface area contributed by atoms with Gasteiger partial charge in [0.1, 0.15) is 12.4 Å². The Hall–Kier alpha value is -3.14. The van der Waals surface area contributed by atoms with Crippen molar-refractivity contribution in [2.45, 2.75) is 44.1 Å². The molecule has 0 fully saturated rings. The van der Waals surface area contributed by atoms with Crippen LogP contribution in [0.5, 0.6) is 0 Å². The lowest BCUT2D eigenvalue weighted by Gasteiger charge is -2.15. The molecule has 1 amide bonds. The lowest BCUT2D eigenvalue weighted by atomic mass is 10.1. The predicted octanol–water partition coefficient (Wildman–Crippen LogP) is 3.80. The number of H-pyrrole nitrogens is 1. The van der Waals surface area contributed by atoms with Crippen LogP contribution in [0.3, 0.4) is 0 Å². The molecule has 0 saturated heterocycles. The van der Waals surface area contributed by atoms with Crippen LogP contribution in [0.1, 0.15) is 29.8 Å². The fraction of sp³-hybridized carbons (Fsp3) is 0.364. The van der Waals surface area contributed by atoms with E-state index in [9.17, 15) is 31.5 Å². The first-order valence-corrected chi connectivity index (χ1v) is 11.2. The summed E-state index contributed by atoms with van der Waals surface area (Å²) in [6.45, 7) is -0.147. The minimum absolute atomic E-state index is 0.00203. The molecule has 0 bridgehead atoms. The molecule has 0 aliphatic rings. The van der Waals surface area contributed by atoms with Crippen LogP contribution in [-0.2, 0) is 29.8 Å². The van der Waals surface area contributed by atoms with Gasteiger partial charge in [-0.1, -0.05) is 33.5 Å². The van der Waals surface area contributed by atoms with E-state index in [0.29, 0.717) is 12.0 Å². The van der Waals surface area contributed by atoms with Gasteiger partial charge in [-0.15, -0.1) is 0 Å². The third kappa shape index (κ3) is 7.95. The number of carbonyl (C=O) groups is 1. The van der Waals surface area contributed by atoms with Crippen molar-refractivity contribution in [3.63, 3.8) is 0 Å². The molecule has 1 unspecified atom stereocenters. The Labute approximate surface area is 199 Å². The Balaban J connectivity index is 1.81. The average Bonchev–Trinajstić information content (AvgIpc) is 3.28. The number of aromatic amines is 1. The number of halogens is 5. The Morgan fingerprint density at radius 1 is 1.11 bits per heavy atom. The molecule has 7 nitrogen and oxygen atoms in total. The van der Waals surface area contributed by atoms with E-state index in [-0.39, 0.29) is 36.5 Å². The number of amides is 1. The zero-order chi connectivity index (χ0) is 25.6. The van der Waals surface area contributed by atoms with Crippen LogP contribution in [0.25, 0.3) is 11.3 Å². The highest BCUT2D eigenvalue weighted by Gasteiger charge is 2.27. The number of hydrogen-bond donors (Lipinski definition) is 2. The molecule has 13 heteroatoms. The molecule has 0 spiro atoms. The molecular formula is C22H23F5N5O2P. The van der Waals surface area contributed by atoms with Gasteiger partial charge in [0.15, 0.2) is 0 Å². The standard InChI is InChI=1S/C22H23F5N5O2P/c23-21(24,25)8-1-2-18-31-17(15-3-5-16(6-4-15)22(26,27)35)10-20(34)32(18)13-19(33)28-9-7-14-11-29-30-12-14/h3-6,10-12H,1-2,7-9,13,35H2,(H,28,33)(H,29,30). The third-order valence-electron chi connectivity index (χ3n) is 5.11. The van der Waals surface area contributed by atoms with Gasteiger partial charge >= 0.3 is 6.18 Å². The summed E-state index contributed by atoms with van der Waals surface area (Å²) in [7, 11) is 1.42. The largest absolute Gasteiger partial charge is 0.389 e. The van der Waals surface area contributed by atoms with Gasteiger partial charge in [-0.2, -0.15) is 27.1 Å². The van der Waals surface area contributed by atoms with Crippen molar-refractivity contribution in [2.24, 2.45) is 0 Å². The molecule has 3 rings (SSSR count). The molecule has 0 radical (unpaired) electrons. The van der Waals surface area contributed by atoms with E-state index in [1.807, 2.05) is 0 Å². The first kappa shape index (κ1) is 26.5. The molecule has 2 aromatic heterocycles. The maximum Gasteiger partial charge on any atom is 0.389 e. The van der Waals surface area contributed by atoms with Crippen LogP contribution >= 0.6 is 9.24 Å². The molecular weight excluding hydrogens is 492 g/mol. The van der Waals surface area contributed by atoms with Crippen LogP contribution in [0.2, 0.25) is 0 Å². The molecule has 35 heavy (non-hydrogen) atoms. The van der Waals surface area contributed by atoms with Crippen LogP contribution in [0.15, 0.2) is 47.5 Å². The van der Waals surface area contributed by atoms with Crippen molar-refractivity contribution in [3.8, 4) is 11.3 Å². The van der Waals surface area contributed by atoms with E-state index < -0.39 is 36.3 Å². The van der Waals surface area contributed by atoms with Gasteiger partial charge < -0.3 is 5.32 Å². The smallest absolute Gasteiger partial charge is 0.354 e. The van der Waals surface area contributed by atoms with E-state index in [2.05, 4.69) is 20.5 Å². The summed E-state index contributed by atoms with van der Waals surface area (Å²) >= 11 is 0. The SMILES string of the molecule is O=C(Cn1c(CCCC(F)(F)F)nc(-c2ccc(C(F)(F)P)cc2)cc1=O)NCCc1cn[nH]c1. The molecule has 0 saturated carbocycles. The first-order valence-electron chi connectivity index (χ1n) is 10.6. The number of aryl methyl sites for hydroxylation is 1. The summed E-state index contributed by atoms with van der Waals surface area (Å²) in [6.07, 6.45) is -2.23. The second kappa shape index (κ2) is 11.1. The molecule has 0 aliphatic heterocycles. The van der Waals surface area contributed by atoms with E-state index >= 15 is 0 Å². The lowest BCUT2D eigenvalue weighted by molar-refractivity contribution is -0.135. The van der Waals surface area contributed by atoms with Gasteiger partial charge in [0.05, 0.1) is 11.9 Å². The highest BCUT2D eigenvalue weighted by molar-refractivity contribution is 7.17. The molecule has 2 N–H and O–H groups in total. The Morgan fingerprint density at radius 3 is 2.43 bits per heavy atom. The summed E-state index contributed by atoms with van der Waals surface area (Å²) < 4.78 is 65.9. The summed E-state index contributed by atoms with van der Waals surface area (Å²) in [6, 6.07) is 6.17. The minimum atomic E-state index is -4.38. The van der Waals surface area contributed by atoms with Gasteiger partial charge in [-0.25, -0.2) is 4.98 Å². The van der Waals surface area contributed by atoms with Gasteiger partial charge in [-0.05, 0) is 18.4 Å². The number of benzene rings is 1. The maximum atomic E-state index is 13.5. The first-order chi connectivity index (χ1) is 16.4. The van der Waals surface area contributed by atoms with Crippen LogP contribution in [-0.4, -0.2) is 38.4 Å². The summed E-state index contributed by atoms with van der Waals surface area (Å²) in [5, 5.41) is 9.09. The zero-order valence-corrected chi connectivity index (χ0v) is 19.6. The van der Waals surface area contributed by atoms with Crippen molar-refractivity contribution in [1.82, 2.24) is 25.1 Å². The van der Waals surface area contributed by atoms with E-state index in [1.165, 1.54) is 33.5 Å². The van der Waals surface area contributed by atoms with Gasteiger partial charge in [0, 0.05) is 42.8 Å². The summed E-state index contributed by atoms with van der Waals surface area (Å²) in [4.78, 5) is 29.5. The number of hydrogen-bond acceptors (Lipinski definition) is 4. The van der Waals surface area contributed by atoms with Crippen LogP contribution in [0.4, 0.5) is 22.0 Å². The van der Waals surface area contributed by atoms with E-state index in [4.69, 9.17) is 0 Å². The second-order valence-electron chi connectivity index (χ2n) is 7.86. The second-order valence-corrected chi connectivity index (χ2v) is 8.58. The van der Waals surface area contributed by atoms with E-state index in [0.717, 1.165) is 16.2 Å². The molecule has 188 valence electrons. The normalized spacial score (nSPS) is 12.1. The minimum Gasteiger partial charge on any atom is -0.354 e. The fourth-order valence-electron chi connectivity index (χ4n) is 3.33. The quantitative estimate of drug-likeness (QED) is 0.318. The van der Waals surface area contributed by atoms with Gasteiger partial charge in [0.2, 0.25) is 5.91 Å². The monoisotopic (exact) mass is 515 g/mol. The molecule has 1 aromatic carbocycles. The van der Waals surface area contributed by atoms with Gasteiger partial charge in [-0.3, -0.25) is 19.3 Å². The van der Waals surface area contributed by atoms with E-state index in [1.54, 1.807) is 12.4 Å². The number of carbonyl (C=O) groups excluding carboxylic acids is 1. The van der Waals surface area contributed by atoms with Crippen LogP contribution < -0.4 is 10.9 Å². The summed E-state index contributed by atoms with van der Waals surface area (Å²) in [5.41, 5.74) is -2.71. The van der Waals surface area contributed by atoms with Crippen LogP contribution in [0, 0.1) is 0 Å². The topological polar surface area (TPSA) is 92.7 Å². The van der Waals surface area contributed by atoms with Crippen molar-refractivity contribution < 1.29 is 26.7 Å². The number of rotatable bonds is 10. The Morgan fingerprint density at radius 2 is 1.83 bits per heavy atom. The van der Waals surface area contributed by atoms with Crippen molar-refractivity contribution in [3.05, 3.63) is 70.0 Å². The number of aromatic nitrogens is 4. The predicted molar refractivity (Wildman–Crippen MR) is 122 cm³/mol. The molecule has 1 atom stereocenters. The number of nitrogens with one attached hydrogen (secondary N) is 2. The highest BCUT2D eigenvalue weighted by atomic mass is 31.0. The van der Waals surface area contributed by atoms with Crippen molar-refractivity contribution in [1.29, 1.82) is 0 Å². The molecule has 3 aromatic rings. The molecule has 0 aliphatic carbocycles.